The molecule has 0 rings (SSSR count). The Labute approximate surface area is 88.8 Å². The Morgan fingerprint density at radius 1 is 0.692 bits per heavy atom. The quantitative estimate of drug-likeness (QED) is 0.582. The lowest BCUT2D eigenvalue weighted by Gasteiger charge is -1.68. The Hall–Kier alpha value is -0.430. The van der Waals surface area contributed by atoms with E-state index in [9.17, 15) is 0 Å². The molecule has 0 radical (unpaired) electrons. The fraction of sp³-hybridized carbons (Fsp3) is 0.500. The van der Waals surface area contributed by atoms with E-state index in [1.807, 2.05) is 76.7 Å². The van der Waals surface area contributed by atoms with Gasteiger partial charge in [0.05, 0.1) is 0 Å². The Morgan fingerprint density at radius 2 is 0.923 bits per heavy atom. The fourth-order valence-electron chi connectivity index (χ4n) is 0.351. The monoisotopic (exact) mass is 200 g/mol. The maximum absolute atomic E-state index is 2.04. The summed E-state index contributed by atoms with van der Waals surface area (Å²) in [5.41, 5.74) is 0. The van der Waals surface area contributed by atoms with Gasteiger partial charge >= 0.3 is 0 Å². The molecular weight excluding hydrogens is 176 g/mol. The van der Waals surface area contributed by atoms with E-state index in [2.05, 4.69) is 0 Å². The summed E-state index contributed by atoms with van der Waals surface area (Å²) in [7, 11) is 0. The molecule has 0 aliphatic rings. The van der Waals surface area contributed by atoms with Crippen molar-refractivity contribution in [1.29, 1.82) is 0 Å². The van der Waals surface area contributed by atoms with Gasteiger partial charge in [-0.3, -0.25) is 0 Å². The van der Waals surface area contributed by atoms with Gasteiger partial charge in [0.25, 0.3) is 0 Å². The van der Waals surface area contributed by atoms with E-state index in [1.165, 1.54) is 0 Å². The molecule has 13 heavy (non-hydrogen) atoms. The molecular formula is C12H24S. The standard InChI is InChI=1S/C8H12.C2H6S.C2H6/c1-3-5-7-8-6-4-2;1-3-2;1-2/h3-8H,1-2H3;1-2H3;1-2H3/b5-3-,6-4-,8-7-;;. The second-order valence-electron chi connectivity index (χ2n) is 1.84. The highest BCUT2D eigenvalue weighted by molar-refractivity contribution is 7.97. The van der Waals surface area contributed by atoms with Crippen LogP contribution >= 0.6 is 11.8 Å². The minimum atomic E-state index is 1.75. The molecule has 0 fully saturated rings. The summed E-state index contributed by atoms with van der Waals surface area (Å²) < 4.78 is 0. The first-order valence-corrected chi connectivity index (χ1v) is 6.27. The molecule has 0 amide bonds. The Bertz CT molecular complexity index is 107. The summed E-state index contributed by atoms with van der Waals surface area (Å²) in [4.78, 5) is 0. The summed E-state index contributed by atoms with van der Waals surface area (Å²) in [5.74, 6) is 0. The summed E-state index contributed by atoms with van der Waals surface area (Å²) in [6.07, 6.45) is 16.1. The van der Waals surface area contributed by atoms with E-state index < -0.39 is 0 Å². The minimum Gasteiger partial charge on any atom is -0.169 e. The summed E-state index contributed by atoms with van der Waals surface area (Å²) in [5, 5.41) is 0. The van der Waals surface area contributed by atoms with Crippen LogP contribution in [0.3, 0.4) is 0 Å². The van der Waals surface area contributed by atoms with Crippen molar-refractivity contribution in [3.8, 4) is 0 Å². The van der Waals surface area contributed by atoms with E-state index in [1.54, 1.807) is 11.8 Å². The molecule has 0 saturated carbocycles. The van der Waals surface area contributed by atoms with Gasteiger partial charge in [-0.15, -0.1) is 0 Å². The van der Waals surface area contributed by atoms with Gasteiger partial charge in [-0.1, -0.05) is 50.3 Å². The number of rotatable bonds is 2. The molecule has 0 aliphatic carbocycles. The first-order valence-electron chi connectivity index (χ1n) is 4.64. The SMILES string of the molecule is CC.CSC.C\C=C/C=C\C=C/C. The maximum Gasteiger partial charge on any atom is -0.0187 e. The number of allylic oxidation sites excluding steroid dienone is 6. The average Bonchev–Trinajstić information content (AvgIpc) is 2.17. The Kier molecular flexibility index (Phi) is 42.3. The van der Waals surface area contributed by atoms with Crippen LogP contribution in [0.15, 0.2) is 36.5 Å². The molecule has 0 aliphatic heterocycles. The predicted octanol–water partition coefficient (Wildman–Crippen LogP) is 4.70. The summed E-state index contributed by atoms with van der Waals surface area (Å²) >= 11 is 1.75. The minimum absolute atomic E-state index is 1.75. The average molecular weight is 200 g/mol. The lowest BCUT2D eigenvalue weighted by Crippen LogP contribution is -1.46. The third kappa shape index (κ3) is 50.7. The van der Waals surface area contributed by atoms with Gasteiger partial charge in [-0.05, 0) is 26.4 Å². The number of hydrogen-bond donors (Lipinski definition) is 0. The third-order valence-electron chi connectivity index (χ3n) is 0.718. The van der Waals surface area contributed by atoms with E-state index in [0.717, 1.165) is 0 Å². The highest BCUT2D eigenvalue weighted by Crippen LogP contribution is 1.77. The lowest BCUT2D eigenvalue weighted by molar-refractivity contribution is 1.50. The van der Waals surface area contributed by atoms with Crippen LogP contribution in [0.2, 0.25) is 0 Å². The van der Waals surface area contributed by atoms with Gasteiger partial charge in [0, 0.05) is 0 Å². The molecule has 0 spiro atoms. The molecule has 0 nitrogen and oxygen atoms in total. The second kappa shape index (κ2) is 29.9. The third-order valence-corrected chi connectivity index (χ3v) is 0.718. The molecule has 1 heteroatoms. The molecule has 78 valence electrons. The summed E-state index contributed by atoms with van der Waals surface area (Å²) in [6.45, 7) is 8.00. The van der Waals surface area contributed by atoms with Crippen molar-refractivity contribution >= 4 is 11.8 Å². The van der Waals surface area contributed by atoms with Crippen LogP contribution in [0.4, 0.5) is 0 Å². The zero-order chi connectivity index (χ0) is 10.9. The van der Waals surface area contributed by atoms with E-state index >= 15 is 0 Å². The topological polar surface area (TPSA) is 0 Å². The smallest absolute Gasteiger partial charge is 0.0187 e. The van der Waals surface area contributed by atoms with E-state index in [4.69, 9.17) is 0 Å². The van der Waals surface area contributed by atoms with Gasteiger partial charge in [0.2, 0.25) is 0 Å². The fourth-order valence-corrected chi connectivity index (χ4v) is 0.351. The number of thioether (sulfide) groups is 1. The van der Waals surface area contributed by atoms with Crippen molar-refractivity contribution < 1.29 is 0 Å². The molecule has 0 aromatic heterocycles. The van der Waals surface area contributed by atoms with Crippen molar-refractivity contribution in [2.75, 3.05) is 12.5 Å². The van der Waals surface area contributed by atoms with Crippen LogP contribution in [0.1, 0.15) is 27.7 Å². The molecule has 0 heterocycles. The Balaban J connectivity index is -0.000000169. The summed E-state index contributed by atoms with van der Waals surface area (Å²) in [6, 6.07) is 0. The second-order valence-corrected chi connectivity index (χ2v) is 2.66. The largest absolute Gasteiger partial charge is 0.169 e. The van der Waals surface area contributed by atoms with Crippen LogP contribution in [0.5, 0.6) is 0 Å². The van der Waals surface area contributed by atoms with Gasteiger partial charge < -0.3 is 0 Å². The van der Waals surface area contributed by atoms with Crippen molar-refractivity contribution in [1.82, 2.24) is 0 Å². The predicted molar refractivity (Wildman–Crippen MR) is 69.6 cm³/mol. The molecule has 0 N–H and O–H groups in total. The van der Waals surface area contributed by atoms with Crippen LogP contribution in [0, 0.1) is 0 Å². The maximum atomic E-state index is 2.04. The van der Waals surface area contributed by atoms with Gasteiger partial charge in [0.15, 0.2) is 0 Å². The first-order chi connectivity index (χ1) is 6.33. The van der Waals surface area contributed by atoms with Crippen molar-refractivity contribution in [3.63, 3.8) is 0 Å². The molecule has 0 saturated heterocycles. The van der Waals surface area contributed by atoms with Gasteiger partial charge in [0.1, 0.15) is 0 Å². The van der Waals surface area contributed by atoms with Gasteiger partial charge in [-0.25, -0.2) is 0 Å². The molecule has 0 aromatic carbocycles. The number of hydrogen-bond acceptors (Lipinski definition) is 1. The van der Waals surface area contributed by atoms with Crippen molar-refractivity contribution in [3.05, 3.63) is 36.5 Å². The highest BCUT2D eigenvalue weighted by atomic mass is 32.2. The molecule has 0 aromatic rings. The van der Waals surface area contributed by atoms with Crippen molar-refractivity contribution in [2.24, 2.45) is 0 Å². The van der Waals surface area contributed by atoms with Crippen LogP contribution < -0.4 is 0 Å². The lowest BCUT2D eigenvalue weighted by atomic mass is 10.4. The van der Waals surface area contributed by atoms with Crippen LogP contribution in [-0.2, 0) is 0 Å². The van der Waals surface area contributed by atoms with E-state index in [0.29, 0.717) is 0 Å². The normalized spacial score (nSPS) is 9.69. The zero-order valence-corrected chi connectivity index (χ0v) is 10.7. The van der Waals surface area contributed by atoms with Crippen LogP contribution in [0.25, 0.3) is 0 Å². The Morgan fingerprint density at radius 3 is 1.08 bits per heavy atom. The molecule has 0 bridgehead atoms. The van der Waals surface area contributed by atoms with Gasteiger partial charge in [-0.2, -0.15) is 11.8 Å². The highest BCUT2D eigenvalue weighted by Gasteiger charge is 1.55. The van der Waals surface area contributed by atoms with Crippen LogP contribution in [-0.4, -0.2) is 12.5 Å². The zero-order valence-electron chi connectivity index (χ0n) is 9.87. The molecule has 0 atom stereocenters. The molecule has 0 unspecified atom stereocenters. The van der Waals surface area contributed by atoms with E-state index in [-0.39, 0.29) is 0 Å². The first kappa shape index (κ1) is 18.4. The van der Waals surface area contributed by atoms with Crippen molar-refractivity contribution in [2.45, 2.75) is 27.7 Å².